The lowest BCUT2D eigenvalue weighted by Gasteiger charge is -2.28. The van der Waals surface area contributed by atoms with Crippen LogP contribution in [0.25, 0.3) is 0 Å². The van der Waals surface area contributed by atoms with E-state index in [1.807, 2.05) is 30.3 Å². The minimum absolute atomic E-state index is 0.163. The zero-order valence-electron chi connectivity index (χ0n) is 17.3. The zero-order chi connectivity index (χ0) is 20.8. The maximum Gasteiger partial charge on any atom is 0.287 e. The predicted molar refractivity (Wildman–Crippen MR) is 117 cm³/mol. The normalized spacial score (nSPS) is 15.1. The molecule has 1 saturated heterocycles. The summed E-state index contributed by atoms with van der Waals surface area (Å²) in [4.78, 5) is 15.3. The van der Waals surface area contributed by atoms with Crippen LogP contribution in [0.3, 0.4) is 0 Å². The van der Waals surface area contributed by atoms with Crippen molar-refractivity contribution in [3.05, 3.63) is 89.4 Å². The van der Waals surface area contributed by atoms with Gasteiger partial charge in [0.25, 0.3) is 5.91 Å². The Hall–Kier alpha value is -3.05. The van der Waals surface area contributed by atoms with Crippen molar-refractivity contribution in [2.45, 2.75) is 32.4 Å². The number of nitrogens with one attached hydrogen (secondary N) is 1. The van der Waals surface area contributed by atoms with Gasteiger partial charge < -0.3 is 14.5 Å². The van der Waals surface area contributed by atoms with Gasteiger partial charge in [-0.15, -0.1) is 0 Å². The number of nitrogens with zero attached hydrogens (tertiary/aromatic N) is 1. The smallest absolute Gasteiger partial charge is 0.287 e. The van der Waals surface area contributed by atoms with Crippen LogP contribution < -0.4 is 10.1 Å². The van der Waals surface area contributed by atoms with E-state index < -0.39 is 0 Å². The first-order valence-corrected chi connectivity index (χ1v) is 10.5. The quantitative estimate of drug-likeness (QED) is 0.590. The molecule has 1 atom stereocenters. The average Bonchev–Trinajstić information content (AvgIpc) is 3.46. The third-order valence-electron chi connectivity index (χ3n) is 5.59. The molecule has 1 aliphatic rings. The Labute approximate surface area is 177 Å². The van der Waals surface area contributed by atoms with Crippen molar-refractivity contribution in [2.24, 2.45) is 0 Å². The van der Waals surface area contributed by atoms with Crippen LogP contribution >= 0.6 is 0 Å². The number of aryl methyl sites for hydroxylation is 1. The van der Waals surface area contributed by atoms with Gasteiger partial charge in [0, 0.05) is 12.1 Å². The van der Waals surface area contributed by atoms with E-state index in [4.69, 9.17) is 9.15 Å². The van der Waals surface area contributed by atoms with Gasteiger partial charge in [-0.2, -0.15) is 0 Å². The average molecular weight is 405 g/mol. The Bertz CT molecular complexity index is 944. The Kier molecular flexibility index (Phi) is 6.50. The zero-order valence-corrected chi connectivity index (χ0v) is 17.3. The van der Waals surface area contributed by atoms with Crippen molar-refractivity contribution < 1.29 is 13.9 Å². The molecule has 0 saturated carbocycles. The van der Waals surface area contributed by atoms with Crippen molar-refractivity contribution in [1.82, 2.24) is 10.2 Å². The van der Waals surface area contributed by atoms with Crippen LogP contribution in [0.1, 0.15) is 46.1 Å². The number of amides is 1. The molecule has 0 spiro atoms. The Morgan fingerprint density at radius 3 is 2.53 bits per heavy atom. The van der Waals surface area contributed by atoms with E-state index >= 15 is 0 Å². The van der Waals surface area contributed by atoms with Gasteiger partial charge in [-0.25, -0.2) is 0 Å². The van der Waals surface area contributed by atoms with Crippen LogP contribution in [0.4, 0.5) is 0 Å². The predicted octanol–water partition coefficient (Wildman–Crippen LogP) is 4.73. The molecular weight excluding hydrogens is 376 g/mol. The lowest BCUT2D eigenvalue weighted by atomic mass is 10.0. The number of rotatable bonds is 8. The molecule has 3 aromatic rings. The number of carbonyl (C=O) groups is 1. The highest BCUT2D eigenvalue weighted by atomic mass is 16.5. The number of para-hydroxylation sites is 1. The third kappa shape index (κ3) is 4.92. The summed E-state index contributed by atoms with van der Waals surface area (Å²) in [5.41, 5.74) is 3.21. The summed E-state index contributed by atoms with van der Waals surface area (Å²) in [7, 11) is 0. The summed E-state index contributed by atoms with van der Waals surface area (Å²) in [5, 5.41) is 3.08. The number of hydrogen-bond acceptors (Lipinski definition) is 4. The highest BCUT2D eigenvalue weighted by Crippen LogP contribution is 2.25. The van der Waals surface area contributed by atoms with Crippen LogP contribution in [0.2, 0.25) is 0 Å². The van der Waals surface area contributed by atoms with E-state index in [1.54, 1.807) is 6.07 Å². The molecule has 5 nitrogen and oxygen atoms in total. The maximum absolute atomic E-state index is 12.9. The summed E-state index contributed by atoms with van der Waals surface area (Å²) >= 11 is 0. The summed E-state index contributed by atoms with van der Waals surface area (Å²) in [6, 6.07) is 20.1. The standard InChI is InChI=1S/C25H28N2O3/c1-19-9-11-20(12-10-19)23(27-14-5-6-15-27)17-26-25(28)24-21(13-16-29-24)18-30-22-7-3-2-4-8-22/h2-4,7-13,16,23H,5-6,14-15,17-18H2,1H3,(H,26,28). The molecule has 1 fully saturated rings. The molecule has 1 amide bonds. The number of hydrogen-bond donors (Lipinski definition) is 1. The molecule has 1 aromatic heterocycles. The Morgan fingerprint density at radius 2 is 1.80 bits per heavy atom. The summed E-state index contributed by atoms with van der Waals surface area (Å²) in [6.45, 7) is 5.04. The minimum Gasteiger partial charge on any atom is -0.489 e. The third-order valence-corrected chi connectivity index (χ3v) is 5.59. The fourth-order valence-corrected chi connectivity index (χ4v) is 3.90. The molecule has 5 heteroatoms. The fourth-order valence-electron chi connectivity index (χ4n) is 3.90. The van der Waals surface area contributed by atoms with E-state index in [2.05, 4.69) is 41.4 Å². The van der Waals surface area contributed by atoms with E-state index in [0.29, 0.717) is 12.3 Å². The molecule has 0 aliphatic carbocycles. The number of carbonyl (C=O) groups excluding carboxylic acids is 1. The summed E-state index contributed by atoms with van der Waals surface area (Å²) in [5.74, 6) is 0.872. The van der Waals surface area contributed by atoms with Crippen molar-refractivity contribution in [3.8, 4) is 5.75 Å². The van der Waals surface area contributed by atoms with Gasteiger partial charge in [0.2, 0.25) is 0 Å². The first-order valence-electron chi connectivity index (χ1n) is 10.5. The maximum atomic E-state index is 12.9. The topological polar surface area (TPSA) is 54.7 Å². The lowest BCUT2D eigenvalue weighted by molar-refractivity contribution is 0.0906. The van der Waals surface area contributed by atoms with Gasteiger partial charge in [0.1, 0.15) is 12.4 Å². The first-order chi connectivity index (χ1) is 14.7. The molecule has 0 bridgehead atoms. The van der Waals surface area contributed by atoms with Gasteiger partial charge in [-0.05, 0) is 56.6 Å². The first kappa shape index (κ1) is 20.2. The molecule has 2 aromatic carbocycles. The minimum atomic E-state index is -0.206. The molecule has 2 heterocycles. The lowest BCUT2D eigenvalue weighted by Crippen LogP contribution is -2.37. The molecule has 156 valence electrons. The van der Waals surface area contributed by atoms with Crippen LogP contribution in [0.15, 0.2) is 71.3 Å². The van der Waals surface area contributed by atoms with Crippen molar-refractivity contribution in [1.29, 1.82) is 0 Å². The molecular formula is C25H28N2O3. The number of furan rings is 1. The molecule has 1 N–H and O–H groups in total. The Balaban J connectivity index is 1.41. The largest absolute Gasteiger partial charge is 0.489 e. The molecule has 0 radical (unpaired) electrons. The second-order valence-corrected chi connectivity index (χ2v) is 7.76. The van der Waals surface area contributed by atoms with Gasteiger partial charge in [0.15, 0.2) is 5.76 Å². The monoisotopic (exact) mass is 404 g/mol. The van der Waals surface area contributed by atoms with Gasteiger partial charge in [0.05, 0.1) is 12.3 Å². The summed E-state index contributed by atoms with van der Waals surface area (Å²) < 4.78 is 11.3. The van der Waals surface area contributed by atoms with Crippen molar-refractivity contribution in [3.63, 3.8) is 0 Å². The van der Waals surface area contributed by atoms with Gasteiger partial charge >= 0.3 is 0 Å². The Morgan fingerprint density at radius 1 is 1.07 bits per heavy atom. The van der Waals surface area contributed by atoms with Gasteiger partial charge in [-0.3, -0.25) is 9.69 Å². The van der Waals surface area contributed by atoms with Crippen LogP contribution in [-0.4, -0.2) is 30.4 Å². The molecule has 1 aliphatic heterocycles. The molecule has 1 unspecified atom stereocenters. The van der Waals surface area contributed by atoms with Crippen molar-refractivity contribution >= 4 is 5.91 Å². The second-order valence-electron chi connectivity index (χ2n) is 7.76. The van der Waals surface area contributed by atoms with E-state index in [1.165, 1.54) is 30.2 Å². The van der Waals surface area contributed by atoms with E-state index in [9.17, 15) is 4.79 Å². The SMILES string of the molecule is Cc1ccc(C(CNC(=O)c2occc2COc2ccccc2)N2CCCC2)cc1. The number of ether oxygens (including phenoxy) is 1. The van der Waals surface area contributed by atoms with Crippen molar-refractivity contribution in [2.75, 3.05) is 19.6 Å². The molecule has 4 rings (SSSR count). The van der Waals surface area contributed by atoms with Crippen LogP contribution in [-0.2, 0) is 6.61 Å². The molecule has 30 heavy (non-hydrogen) atoms. The number of benzene rings is 2. The fraction of sp³-hybridized carbons (Fsp3) is 0.320. The summed E-state index contributed by atoms with van der Waals surface area (Å²) in [6.07, 6.45) is 3.95. The van der Waals surface area contributed by atoms with Crippen LogP contribution in [0.5, 0.6) is 5.75 Å². The highest BCUT2D eigenvalue weighted by Gasteiger charge is 2.25. The number of likely N-dealkylation sites (tertiary alicyclic amines) is 1. The highest BCUT2D eigenvalue weighted by molar-refractivity contribution is 5.92. The van der Waals surface area contributed by atoms with Crippen LogP contribution in [0, 0.1) is 6.92 Å². The van der Waals surface area contributed by atoms with E-state index in [-0.39, 0.29) is 18.6 Å². The van der Waals surface area contributed by atoms with Gasteiger partial charge in [-0.1, -0.05) is 48.0 Å². The van der Waals surface area contributed by atoms with E-state index in [0.717, 1.165) is 24.4 Å². The second kappa shape index (κ2) is 9.63.